The minimum absolute atomic E-state index is 0.130. The van der Waals surface area contributed by atoms with Crippen LogP contribution in [0.2, 0.25) is 0 Å². The zero-order valence-corrected chi connectivity index (χ0v) is 17.6. The Bertz CT molecular complexity index is 971. The second-order valence-corrected chi connectivity index (χ2v) is 7.18. The van der Waals surface area contributed by atoms with Crippen LogP contribution in [0.4, 0.5) is 9.93 Å². The Labute approximate surface area is 177 Å². The largest absolute Gasteiger partial charge is 0.449 e. The third kappa shape index (κ3) is 6.08. The maximum Gasteiger partial charge on any atom is 0.413 e. The summed E-state index contributed by atoms with van der Waals surface area (Å²) in [4.78, 5) is 21.6. The minimum atomic E-state index is -0.507. The number of unbranched alkanes of at least 4 members (excludes halogenated alkanes) is 2. The Morgan fingerprint density at radius 3 is 2.83 bits per heavy atom. The predicted octanol–water partition coefficient (Wildman–Crippen LogP) is 3.37. The quantitative estimate of drug-likeness (QED) is 0.298. The molecule has 30 heavy (non-hydrogen) atoms. The number of hydrogen-bond donors (Lipinski definition) is 1. The molecular weight excluding hydrogens is 406 g/mol. The van der Waals surface area contributed by atoms with Crippen LogP contribution in [0.3, 0.4) is 0 Å². The standard InChI is InChI=1S/C19H23N7O3S/c1-3-4-8-11-28-19(27)21-18-20-15(13-30-18)12-29-23-16(14-9-6-5-7-10-14)17-22-24-25-26(17)2/h5-7,9-10,13H,3-4,8,11-12H2,1-2H3,(H,20,21,27)/b23-16-. The van der Waals surface area contributed by atoms with E-state index in [9.17, 15) is 4.79 Å². The average Bonchev–Trinajstić information content (AvgIpc) is 3.38. The minimum Gasteiger partial charge on any atom is -0.449 e. The van der Waals surface area contributed by atoms with E-state index in [1.54, 1.807) is 12.4 Å². The Hall–Kier alpha value is -3.34. The van der Waals surface area contributed by atoms with Crippen LogP contribution < -0.4 is 5.32 Å². The lowest BCUT2D eigenvalue weighted by Crippen LogP contribution is -2.14. The molecule has 10 nitrogen and oxygen atoms in total. The van der Waals surface area contributed by atoms with Crippen molar-refractivity contribution >= 4 is 28.3 Å². The summed E-state index contributed by atoms with van der Waals surface area (Å²) in [6.07, 6.45) is 2.45. The molecule has 0 radical (unpaired) electrons. The van der Waals surface area contributed by atoms with E-state index in [0.717, 1.165) is 24.8 Å². The number of hydrogen-bond acceptors (Lipinski definition) is 9. The van der Waals surface area contributed by atoms with Gasteiger partial charge in [0.2, 0.25) is 5.82 Å². The van der Waals surface area contributed by atoms with E-state index in [4.69, 9.17) is 9.57 Å². The van der Waals surface area contributed by atoms with E-state index in [0.29, 0.717) is 29.0 Å². The van der Waals surface area contributed by atoms with Crippen LogP contribution in [0.15, 0.2) is 40.9 Å². The zero-order chi connectivity index (χ0) is 21.2. The van der Waals surface area contributed by atoms with Gasteiger partial charge in [0, 0.05) is 18.0 Å². The monoisotopic (exact) mass is 429 g/mol. The summed E-state index contributed by atoms with van der Waals surface area (Å²) in [5.74, 6) is 0.479. The zero-order valence-electron chi connectivity index (χ0n) is 16.8. The first kappa shape index (κ1) is 21.4. The normalized spacial score (nSPS) is 11.3. The molecule has 0 saturated carbocycles. The Morgan fingerprint density at radius 2 is 2.10 bits per heavy atom. The fraction of sp³-hybridized carbons (Fsp3) is 0.368. The third-order valence-electron chi connectivity index (χ3n) is 3.99. The molecule has 2 heterocycles. The van der Waals surface area contributed by atoms with Gasteiger partial charge in [-0.3, -0.25) is 5.32 Å². The lowest BCUT2D eigenvalue weighted by molar-refractivity contribution is 0.128. The number of ether oxygens (including phenoxy) is 1. The third-order valence-corrected chi connectivity index (χ3v) is 4.80. The summed E-state index contributed by atoms with van der Waals surface area (Å²) >= 11 is 1.29. The molecule has 0 spiro atoms. The number of nitrogens with one attached hydrogen (secondary N) is 1. The van der Waals surface area contributed by atoms with Gasteiger partial charge >= 0.3 is 6.09 Å². The number of rotatable bonds is 10. The van der Waals surface area contributed by atoms with E-state index in [1.165, 1.54) is 16.0 Å². The molecule has 11 heteroatoms. The summed E-state index contributed by atoms with van der Waals surface area (Å²) in [6.45, 7) is 2.62. The van der Waals surface area contributed by atoms with Gasteiger partial charge in [0.1, 0.15) is 0 Å². The first-order valence-corrected chi connectivity index (χ1v) is 10.4. The molecule has 0 bridgehead atoms. The number of nitrogens with zero attached hydrogens (tertiary/aromatic N) is 6. The summed E-state index contributed by atoms with van der Waals surface area (Å²) in [6, 6.07) is 9.50. The number of thiazole rings is 1. The van der Waals surface area contributed by atoms with E-state index in [-0.39, 0.29) is 6.61 Å². The molecule has 2 aromatic heterocycles. The highest BCUT2D eigenvalue weighted by Crippen LogP contribution is 2.17. The van der Waals surface area contributed by atoms with Crippen molar-refractivity contribution < 1.29 is 14.4 Å². The molecular formula is C19H23N7O3S. The van der Waals surface area contributed by atoms with E-state index in [1.807, 2.05) is 30.3 Å². The van der Waals surface area contributed by atoms with Gasteiger partial charge in [0.05, 0.1) is 12.3 Å². The predicted molar refractivity (Wildman–Crippen MR) is 112 cm³/mol. The number of oxime groups is 1. The van der Waals surface area contributed by atoms with Crippen molar-refractivity contribution in [3.63, 3.8) is 0 Å². The lowest BCUT2D eigenvalue weighted by Gasteiger charge is -2.05. The highest BCUT2D eigenvalue weighted by atomic mass is 32.1. The molecule has 0 unspecified atom stereocenters. The van der Waals surface area contributed by atoms with Crippen molar-refractivity contribution in [3.05, 3.63) is 52.8 Å². The van der Waals surface area contributed by atoms with E-state index in [2.05, 4.69) is 37.9 Å². The number of benzene rings is 1. The first-order valence-electron chi connectivity index (χ1n) is 9.53. The SMILES string of the molecule is CCCCCOC(=O)Nc1nc(CO/N=C(/c2ccccc2)c2nnnn2C)cs1. The molecule has 0 saturated heterocycles. The summed E-state index contributed by atoms with van der Waals surface area (Å²) in [7, 11) is 1.73. The smallest absolute Gasteiger partial charge is 0.413 e. The van der Waals surface area contributed by atoms with Gasteiger partial charge in [-0.15, -0.1) is 16.4 Å². The van der Waals surface area contributed by atoms with Crippen molar-refractivity contribution in [2.45, 2.75) is 32.8 Å². The number of carbonyl (C=O) groups is 1. The van der Waals surface area contributed by atoms with Crippen LogP contribution in [0.5, 0.6) is 0 Å². The molecule has 1 amide bonds. The maximum absolute atomic E-state index is 11.8. The van der Waals surface area contributed by atoms with Crippen molar-refractivity contribution in [1.82, 2.24) is 25.2 Å². The van der Waals surface area contributed by atoms with Crippen molar-refractivity contribution in [2.75, 3.05) is 11.9 Å². The van der Waals surface area contributed by atoms with E-state index < -0.39 is 6.09 Å². The number of tetrazole rings is 1. The number of amides is 1. The van der Waals surface area contributed by atoms with Crippen molar-refractivity contribution in [3.8, 4) is 0 Å². The van der Waals surface area contributed by atoms with Crippen molar-refractivity contribution in [1.29, 1.82) is 0 Å². The van der Waals surface area contributed by atoms with Crippen LogP contribution in [-0.2, 0) is 23.2 Å². The van der Waals surface area contributed by atoms with Gasteiger partial charge in [-0.1, -0.05) is 55.3 Å². The highest BCUT2D eigenvalue weighted by molar-refractivity contribution is 7.13. The van der Waals surface area contributed by atoms with Crippen LogP contribution in [0, 0.1) is 0 Å². The van der Waals surface area contributed by atoms with Crippen LogP contribution in [0.25, 0.3) is 0 Å². The number of aryl methyl sites for hydroxylation is 1. The number of carbonyl (C=O) groups excluding carboxylic acids is 1. The second-order valence-electron chi connectivity index (χ2n) is 6.32. The fourth-order valence-corrected chi connectivity index (χ4v) is 3.16. The molecule has 3 rings (SSSR count). The van der Waals surface area contributed by atoms with Gasteiger partial charge in [0.15, 0.2) is 17.5 Å². The molecule has 1 aromatic carbocycles. The molecule has 158 valence electrons. The molecule has 0 atom stereocenters. The summed E-state index contributed by atoms with van der Waals surface area (Å²) < 4.78 is 6.63. The van der Waals surface area contributed by atoms with E-state index >= 15 is 0 Å². The number of aromatic nitrogens is 5. The van der Waals surface area contributed by atoms with Crippen molar-refractivity contribution in [2.24, 2.45) is 12.2 Å². The van der Waals surface area contributed by atoms with Gasteiger partial charge in [-0.2, -0.15) is 0 Å². The van der Waals surface area contributed by atoms with Gasteiger partial charge < -0.3 is 9.57 Å². The maximum atomic E-state index is 11.8. The fourth-order valence-electron chi connectivity index (χ4n) is 2.48. The molecule has 0 aliphatic rings. The van der Waals surface area contributed by atoms with Crippen LogP contribution in [-0.4, -0.2) is 43.6 Å². The molecule has 0 fully saturated rings. The highest BCUT2D eigenvalue weighted by Gasteiger charge is 2.15. The van der Waals surface area contributed by atoms with Crippen LogP contribution in [0.1, 0.15) is 43.3 Å². The summed E-state index contributed by atoms with van der Waals surface area (Å²) in [5.41, 5.74) is 1.96. The first-order chi connectivity index (χ1) is 14.7. The van der Waals surface area contributed by atoms with Gasteiger partial charge in [-0.05, 0) is 16.8 Å². The van der Waals surface area contributed by atoms with Crippen LogP contribution >= 0.6 is 11.3 Å². The summed E-state index contributed by atoms with van der Waals surface area (Å²) in [5, 5.41) is 20.6. The van der Waals surface area contributed by atoms with Gasteiger partial charge in [0.25, 0.3) is 0 Å². The molecule has 0 aliphatic carbocycles. The lowest BCUT2D eigenvalue weighted by atomic mass is 10.1. The Balaban J connectivity index is 1.58. The van der Waals surface area contributed by atoms with Gasteiger partial charge in [-0.25, -0.2) is 14.5 Å². The average molecular weight is 430 g/mol. The molecule has 1 N–H and O–H groups in total. The second kappa shape index (κ2) is 11.0. The Morgan fingerprint density at radius 1 is 1.27 bits per heavy atom. The Kier molecular flexibility index (Phi) is 7.84. The molecule has 0 aliphatic heterocycles. The molecule has 3 aromatic rings. The topological polar surface area (TPSA) is 116 Å². The number of anilines is 1.